The van der Waals surface area contributed by atoms with Gasteiger partial charge in [0.05, 0.1) is 5.75 Å². The molecule has 5 nitrogen and oxygen atoms in total. The Morgan fingerprint density at radius 2 is 1.76 bits per heavy atom. The number of piperidine rings is 1. The van der Waals surface area contributed by atoms with Gasteiger partial charge in [-0.25, -0.2) is 8.42 Å². The molecule has 1 heterocycles. The Hall–Kier alpha value is -1.25. The Morgan fingerprint density at radius 3 is 2.20 bits per heavy atom. The van der Waals surface area contributed by atoms with E-state index in [0.717, 1.165) is 12.8 Å². The second-order valence-electron chi connectivity index (χ2n) is 6.25. The van der Waals surface area contributed by atoms with E-state index in [0.29, 0.717) is 24.6 Å². The highest BCUT2D eigenvalue weighted by Crippen LogP contribution is 2.21. The number of likely N-dealkylation sites (tertiary alicyclic amines) is 1. The van der Waals surface area contributed by atoms with Crippen molar-refractivity contribution in [2.24, 2.45) is 11.7 Å². The van der Waals surface area contributed by atoms with E-state index in [1.807, 2.05) is 6.92 Å². The molecule has 1 aliphatic rings. The first-order valence-electron chi connectivity index (χ1n) is 7.84. The Bertz CT molecular complexity index is 673. The van der Waals surface area contributed by atoms with Crippen molar-refractivity contribution in [3.63, 3.8) is 0 Å². The van der Waals surface area contributed by atoms with Crippen LogP contribution in [0.15, 0.2) is 24.3 Å². The molecule has 0 radical (unpaired) electrons. The quantitative estimate of drug-likeness (QED) is 0.828. The minimum Gasteiger partial charge on any atom is -0.339 e. The number of nitrogens with zero attached hydrogens (tertiary/aromatic N) is 1. The third-order valence-electron chi connectivity index (χ3n) is 4.41. The fourth-order valence-corrected chi connectivity index (χ4v) is 3.63. The van der Waals surface area contributed by atoms with Gasteiger partial charge in [-0.2, -0.15) is 8.78 Å². The molecule has 1 saturated heterocycles. The molecule has 0 spiro atoms. The lowest BCUT2D eigenvalue weighted by atomic mass is 9.90. The minimum atomic E-state index is -4.46. The number of halogens is 3. The van der Waals surface area contributed by atoms with Crippen LogP contribution in [0, 0.1) is 5.92 Å². The van der Waals surface area contributed by atoms with Crippen molar-refractivity contribution in [3.8, 4) is 0 Å². The maximum atomic E-state index is 12.4. The summed E-state index contributed by atoms with van der Waals surface area (Å²) in [5.74, 6) is -3.86. The lowest BCUT2D eigenvalue weighted by molar-refractivity contribution is 0.0681. The number of alkyl halides is 2. The molecule has 25 heavy (non-hydrogen) atoms. The molecule has 1 aromatic carbocycles. The summed E-state index contributed by atoms with van der Waals surface area (Å²) >= 11 is 0. The first-order chi connectivity index (χ1) is 11.2. The number of carbonyl (C=O) groups is 1. The molecule has 1 amide bonds. The lowest BCUT2D eigenvalue weighted by Gasteiger charge is -2.33. The molecular formula is C16H23ClF2N2O3S. The van der Waals surface area contributed by atoms with Crippen LogP contribution in [0.5, 0.6) is 0 Å². The second kappa shape index (κ2) is 8.91. The number of amides is 1. The third kappa shape index (κ3) is 5.62. The molecular weight excluding hydrogens is 374 g/mol. The molecule has 9 heteroatoms. The van der Waals surface area contributed by atoms with Crippen molar-refractivity contribution >= 4 is 28.2 Å². The molecule has 1 atom stereocenters. The van der Waals surface area contributed by atoms with Crippen LogP contribution in [0.1, 0.15) is 35.7 Å². The van der Waals surface area contributed by atoms with Gasteiger partial charge in [-0.05, 0) is 43.4 Å². The molecule has 1 aromatic rings. The van der Waals surface area contributed by atoms with Crippen LogP contribution in [-0.2, 0) is 15.6 Å². The van der Waals surface area contributed by atoms with Crippen LogP contribution in [0.4, 0.5) is 8.78 Å². The Labute approximate surface area is 152 Å². The van der Waals surface area contributed by atoms with E-state index in [1.165, 1.54) is 24.3 Å². The van der Waals surface area contributed by atoms with Crippen LogP contribution < -0.4 is 5.73 Å². The summed E-state index contributed by atoms with van der Waals surface area (Å²) in [6.07, 6.45) is 1.71. The number of rotatable bonds is 5. The normalized spacial score (nSPS) is 17.2. The Morgan fingerprint density at radius 1 is 1.24 bits per heavy atom. The van der Waals surface area contributed by atoms with Crippen molar-refractivity contribution in [3.05, 3.63) is 35.4 Å². The smallest absolute Gasteiger partial charge is 0.337 e. The minimum absolute atomic E-state index is 0. The average molecular weight is 397 g/mol. The highest BCUT2D eigenvalue weighted by Gasteiger charge is 2.26. The first kappa shape index (κ1) is 21.8. The Kier molecular flexibility index (Phi) is 7.77. The van der Waals surface area contributed by atoms with Gasteiger partial charge in [-0.15, -0.1) is 12.4 Å². The molecule has 0 bridgehead atoms. The van der Waals surface area contributed by atoms with Crippen molar-refractivity contribution in [2.45, 2.75) is 37.3 Å². The largest absolute Gasteiger partial charge is 0.339 e. The highest BCUT2D eigenvalue weighted by molar-refractivity contribution is 7.90. The van der Waals surface area contributed by atoms with E-state index in [1.54, 1.807) is 4.90 Å². The topological polar surface area (TPSA) is 80.5 Å². The molecule has 1 unspecified atom stereocenters. The fourth-order valence-electron chi connectivity index (χ4n) is 2.85. The van der Waals surface area contributed by atoms with Crippen LogP contribution >= 0.6 is 12.4 Å². The van der Waals surface area contributed by atoms with E-state index in [4.69, 9.17) is 5.73 Å². The van der Waals surface area contributed by atoms with Crippen molar-refractivity contribution in [1.82, 2.24) is 4.90 Å². The van der Waals surface area contributed by atoms with E-state index < -0.39 is 21.3 Å². The summed E-state index contributed by atoms with van der Waals surface area (Å²) in [7, 11) is -4.46. The van der Waals surface area contributed by atoms with Gasteiger partial charge in [0, 0.05) is 24.7 Å². The van der Waals surface area contributed by atoms with Gasteiger partial charge in [-0.3, -0.25) is 4.79 Å². The standard InChI is InChI=1S/C16H22F2N2O3S.ClH/c1-11(19)13-6-8-20(9-7-13)15(21)14-4-2-12(3-5-14)10-24(22,23)16(17)18;/h2-5,11,13,16H,6-10,19H2,1H3;1H. The predicted molar refractivity (Wildman–Crippen MR) is 94.6 cm³/mol. The number of hydrogen-bond donors (Lipinski definition) is 1. The van der Waals surface area contributed by atoms with Gasteiger partial charge < -0.3 is 10.6 Å². The molecule has 0 saturated carbocycles. The summed E-state index contributed by atoms with van der Waals surface area (Å²) in [6.45, 7) is 3.23. The molecule has 0 aromatic heterocycles. The monoisotopic (exact) mass is 396 g/mol. The van der Waals surface area contributed by atoms with Gasteiger partial charge in [0.15, 0.2) is 0 Å². The fraction of sp³-hybridized carbons (Fsp3) is 0.562. The van der Waals surface area contributed by atoms with Gasteiger partial charge in [0.1, 0.15) is 0 Å². The molecule has 142 valence electrons. The number of benzene rings is 1. The van der Waals surface area contributed by atoms with Crippen LogP contribution in [0.3, 0.4) is 0 Å². The average Bonchev–Trinajstić information content (AvgIpc) is 2.54. The molecule has 1 fully saturated rings. The van der Waals surface area contributed by atoms with Gasteiger partial charge in [0.25, 0.3) is 5.91 Å². The maximum Gasteiger partial charge on any atom is 0.337 e. The number of carbonyl (C=O) groups excluding carboxylic acids is 1. The summed E-state index contributed by atoms with van der Waals surface area (Å²) in [5.41, 5.74) is 6.54. The van der Waals surface area contributed by atoms with E-state index in [9.17, 15) is 22.0 Å². The summed E-state index contributed by atoms with van der Waals surface area (Å²) in [5, 5.41) is 0. The van der Waals surface area contributed by atoms with Crippen molar-refractivity contribution in [2.75, 3.05) is 13.1 Å². The zero-order valence-electron chi connectivity index (χ0n) is 13.9. The lowest BCUT2D eigenvalue weighted by Crippen LogP contribution is -2.42. The van der Waals surface area contributed by atoms with E-state index in [-0.39, 0.29) is 29.9 Å². The summed E-state index contributed by atoms with van der Waals surface area (Å²) in [6, 6.07) is 5.88. The Balaban J connectivity index is 0.00000312. The van der Waals surface area contributed by atoms with Crippen LogP contribution in [0.2, 0.25) is 0 Å². The molecule has 0 aliphatic carbocycles. The van der Waals surface area contributed by atoms with Crippen molar-refractivity contribution < 1.29 is 22.0 Å². The van der Waals surface area contributed by atoms with Crippen LogP contribution in [-0.4, -0.2) is 44.1 Å². The molecule has 2 N–H and O–H groups in total. The number of hydrogen-bond acceptors (Lipinski definition) is 4. The SMILES string of the molecule is CC(N)C1CCN(C(=O)c2ccc(CS(=O)(=O)C(F)F)cc2)CC1.Cl. The van der Waals surface area contributed by atoms with Crippen molar-refractivity contribution in [1.29, 1.82) is 0 Å². The zero-order valence-corrected chi connectivity index (χ0v) is 15.5. The molecule has 1 aliphatic heterocycles. The summed E-state index contributed by atoms with van der Waals surface area (Å²) < 4.78 is 47.2. The molecule has 2 rings (SSSR count). The van der Waals surface area contributed by atoms with Gasteiger partial charge in [0.2, 0.25) is 9.84 Å². The number of sulfone groups is 1. The van der Waals surface area contributed by atoms with Gasteiger partial charge in [-0.1, -0.05) is 12.1 Å². The van der Waals surface area contributed by atoms with Crippen LogP contribution in [0.25, 0.3) is 0 Å². The first-order valence-corrected chi connectivity index (χ1v) is 9.56. The number of nitrogens with two attached hydrogens (primary N) is 1. The van der Waals surface area contributed by atoms with Gasteiger partial charge >= 0.3 is 5.76 Å². The zero-order chi connectivity index (χ0) is 17.9. The third-order valence-corrected chi connectivity index (χ3v) is 5.69. The maximum absolute atomic E-state index is 12.4. The predicted octanol–water partition coefficient (Wildman–Crippen LogP) is 2.45. The second-order valence-corrected chi connectivity index (χ2v) is 8.22. The van der Waals surface area contributed by atoms with E-state index >= 15 is 0 Å². The van der Waals surface area contributed by atoms with E-state index in [2.05, 4.69) is 0 Å². The highest BCUT2D eigenvalue weighted by atomic mass is 35.5. The summed E-state index contributed by atoms with van der Waals surface area (Å²) in [4.78, 5) is 14.2.